The summed E-state index contributed by atoms with van der Waals surface area (Å²) in [4.78, 5) is 4.29. The van der Waals surface area contributed by atoms with Crippen molar-refractivity contribution in [2.45, 2.75) is 6.92 Å². The molecular formula is C7H7ClN2S. The number of aryl methyl sites for hydroxylation is 1. The second-order valence-corrected chi connectivity index (χ2v) is 3.02. The van der Waals surface area contributed by atoms with Crippen LogP contribution >= 0.6 is 23.8 Å². The summed E-state index contributed by atoms with van der Waals surface area (Å²) in [7, 11) is 0. The van der Waals surface area contributed by atoms with Crippen LogP contribution in [0.4, 0.5) is 0 Å². The normalized spacial score (nSPS) is 9.64. The van der Waals surface area contributed by atoms with Crippen LogP contribution in [0, 0.1) is 6.92 Å². The van der Waals surface area contributed by atoms with Gasteiger partial charge >= 0.3 is 0 Å². The fourth-order valence-corrected chi connectivity index (χ4v) is 1.23. The molecule has 1 heterocycles. The van der Waals surface area contributed by atoms with E-state index in [1.54, 1.807) is 12.3 Å². The Morgan fingerprint density at radius 1 is 1.73 bits per heavy atom. The predicted molar refractivity (Wildman–Crippen MR) is 49.9 cm³/mol. The largest absolute Gasteiger partial charge is 0.389 e. The van der Waals surface area contributed by atoms with Gasteiger partial charge in [0.15, 0.2) is 0 Å². The SMILES string of the molecule is Cc1cc(Cl)c(C(N)=S)cn1. The van der Waals surface area contributed by atoms with Crippen molar-refractivity contribution >= 4 is 28.8 Å². The van der Waals surface area contributed by atoms with E-state index in [1.807, 2.05) is 6.92 Å². The van der Waals surface area contributed by atoms with E-state index < -0.39 is 0 Å². The van der Waals surface area contributed by atoms with Gasteiger partial charge in [-0.2, -0.15) is 0 Å². The number of pyridine rings is 1. The molecule has 1 aromatic rings. The highest BCUT2D eigenvalue weighted by molar-refractivity contribution is 7.80. The van der Waals surface area contributed by atoms with E-state index in [1.165, 1.54) is 0 Å². The molecule has 0 saturated carbocycles. The second-order valence-electron chi connectivity index (χ2n) is 2.17. The molecule has 0 aliphatic carbocycles. The monoisotopic (exact) mass is 186 g/mol. The Hall–Kier alpha value is -0.670. The molecule has 0 radical (unpaired) electrons. The van der Waals surface area contributed by atoms with E-state index in [9.17, 15) is 0 Å². The second kappa shape index (κ2) is 3.15. The number of halogens is 1. The van der Waals surface area contributed by atoms with Gasteiger partial charge in [-0.3, -0.25) is 4.98 Å². The van der Waals surface area contributed by atoms with Crippen LogP contribution in [0.15, 0.2) is 12.3 Å². The first-order valence-electron chi connectivity index (χ1n) is 3.03. The maximum atomic E-state index is 5.82. The van der Waals surface area contributed by atoms with Crippen molar-refractivity contribution < 1.29 is 0 Å². The summed E-state index contributed by atoms with van der Waals surface area (Å²) in [5.41, 5.74) is 6.86. The van der Waals surface area contributed by atoms with Crippen LogP contribution in [0.5, 0.6) is 0 Å². The predicted octanol–water partition coefficient (Wildman–Crippen LogP) is 1.68. The van der Waals surface area contributed by atoms with Crippen LogP contribution < -0.4 is 5.73 Å². The van der Waals surface area contributed by atoms with Crippen LogP contribution in [0.1, 0.15) is 11.3 Å². The average Bonchev–Trinajstić information content (AvgIpc) is 1.85. The van der Waals surface area contributed by atoms with E-state index in [2.05, 4.69) is 4.98 Å². The highest BCUT2D eigenvalue weighted by Crippen LogP contribution is 2.14. The number of hydrogen-bond acceptors (Lipinski definition) is 2. The molecule has 2 nitrogen and oxygen atoms in total. The highest BCUT2D eigenvalue weighted by atomic mass is 35.5. The lowest BCUT2D eigenvalue weighted by atomic mass is 10.2. The first kappa shape index (κ1) is 8.43. The summed E-state index contributed by atoms with van der Waals surface area (Å²) >= 11 is 10.6. The third kappa shape index (κ3) is 1.88. The minimum atomic E-state index is 0.280. The van der Waals surface area contributed by atoms with Crippen molar-refractivity contribution in [3.63, 3.8) is 0 Å². The highest BCUT2D eigenvalue weighted by Gasteiger charge is 2.02. The van der Waals surface area contributed by atoms with E-state index >= 15 is 0 Å². The van der Waals surface area contributed by atoms with Crippen molar-refractivity contribution in [3.05, 3.63) is 28.5 Å². The van der Waals surface area contributed by atoms with Gasteiger partial charge in [0.1, 0.15) is 4.99 Å². The lowest BCUT2D eigenvalue weighted by Gasteiger charge is -2.00. The number of aromatic nitrogens is 1. The Kier molecular flexibility index (Phi) is 2.42. The third-order valence-electron chi connectivity index (χ3n) is 1.26. The number of thiocarbonyl (C=S) groups is 1. The number of nitrogens with two attached hydrogens (primary N) is 1. The summed E-state index contributed by atoms with van der Waals surface area (Å²) in [6.45, 7) is 1.86. The Morgan fingerprint density at radius 3 is 2.82 bits per heavy atom. The molecule has 0 bridgehead atoms. The fourth-order valence-electron chi connectivity index (χ4n) is 0.708. The summed E-state index contributed by atoms with van der Waals surface area (Å²) in [6.07, 6.45) is 1.58. The van der Waals surface area contributed by atoms with E-state index in [0.29, 0.717) is 10.6 Å². The minimum Gasteiger partial charge on any atom is -0.389 e. The Labute approximate surface area is 75.4 Å². The summed E-state index contributed by atoms with van der Waals surface area (Å²) < 4.78 is 0. The van der Waals surface area contributed by atoms with Crippen LogP contribution in [0.3, 0.4) is 0 Å². The molecule has 0 spiro atoms. The average molecular weight is 187 g/mol. The van der Waals surface area contributed by atoms with Gasteiger partial charge in [-0.1, -0.05) is 23.8 Å². The molecule has 0 aliphatic heterocycles. The molecule has 0 unspecified atom stereocenters. The van der Waals surface area contributed by atoms with Gasteiger partial charge in [-0.05, 0) is 13.0 Å². The molecule has 1 rings (SSSR count). The molecule has 0 amide bonds. The zero-order chi connectivity index (χ0) is 8.43. The van der Waals surface area contributed by atoms with Crippen molar-refractivity contribution in [1.82, 2.24) is 4.98 Å². The van der Waals surface area contributed by atoms with Crippen molar-refractivity contribution in [1.29, 1.82) is 0 Å². The van der Waals surface area contributed by atoms with Gasteiger partial charge in [-0.15, -0.1) is 0 Å². The van der Waals surface area contributed by atoms with Crippen molar-refractivity contribution in [2.24, 2.45) is 5.73 Å². The van der Waals surface area contributed by atoms with E-state index in [-0.39, 0.29) is 4.99 Å². The minimum absolute atomic E-state index is 0.280. The van der Waals surface area contributed by atoms with Gasteiger partial charge in [0, 0.05) is 17.5 Å². The number of rotatable bonds is 1. The lowest BCUT2D eigenvalue weighted by molar-refractivity contribution is 1.19. The quantitative estimate of drug-likeness (QED) is 0.679. The number of hydrogen-bond donors (Lipinski definition) is 1. The molecule has 1 aromatic heterocycles. The molecule has 0 aromatic carbocycles. The van der Waals surface area contributed by atoms with E-state index in [4.69, 9.17) is 29.6 Å². The van der Waals surface area contributed by atoms with Gasteiger partial charge in [0.25, 0.3) is 0 Å². The summed E-state index contributed by atoms with van der Waals surface area (Å²) in [6, 6.07) is 1.73. The molecule has 2 N–H and O–H groups in total. The Morgan fingerprint density at radius 2 is 2.36 bits per heavy atom. The Balaban J connectivity index is 3.20. The van der Waals surface area contributed by atoms with Gasteiger partial charge < -0.3 is 5.73 Å². The molecule has 0 fully saturated rings. The maximum Gasteiger partial charge on any atom is 0.107 e. The first-order chi connectivity index (χ1) is 5.11. The summed E-state index contributed by atoms with van der Waals surface area (Å²) in [5.74, 6) is 0. The fraction of sp³-hybridized carbons (Fsp3) is 0.143. The molecule has 58 valence electrons. The zero-order valence-electron chi connectivity index (χ0n) is 5.97. The van der Waals surface area contributed by atoms with Crippen molar-refractivity contribution in [3.8, 4) is 0 Å². The molecular weight excluding hydrogens is 180 g/mol. The lowest BCUT2D eigenvalue weighted by Crippen LogP contribution is -2.10. The van der Waals surface area contributed by atoms with Gasteiger partial charge in [0.05, 0.1) is 5.02 Å². The van der Waals surface area contributed by atoms with Crippen molar-refractivity contribution in [2.75, 3.05) is 0 Å². The molecule has 11 heavy (non-hydrogen) atoms. The first-order valence-corrected chi connectivity index (χ1v) is 3.82. The smallest absolute Gasteiger partial charge is 0.107 e. The number of nitrogens with zero attached hydrogens (tertiary/aromatic N) is 1. The molecule has 0 aliphatic rings. The zero-order valence-corrected chi connectivity index (χ0v) is 7.54. The molecule has 0 saturated heterocycles. The van der Waals surface area contributed by atoms with Gasteiger partial charge in [0.2, 0.25) is 0 Å². The van der Waals surface area contributed by atoms with E-state index in [0.717, 1.165) is 5.69 Å². The topological polar surface area (TPSA) is 38.9 Å². The standard InChI is InChI=1S/C7H7ClN2S/c1-4-2-6(8)5(3-10-4)7(9)11/h2-3H,1H3,(H2,9,11). The van der Waals surface area contributed by atoms with Gasteiger partial charge in [-0.25, -0.2) is 0 Å². The van der Waals surface area contributed by atoms with Crippen LogP contribution in [-0.2, 0) is 0 Å². The summed E-state index contributed by atoms with van der Waals surface area (Å²) in [5, 5.41) is 0.560. The molecule has 0 atom stereocenters. The van der Waals surface area contributed by atoms with Crippen LogP contribution in [0.25, 0.3) is 0 Å². The molecule has 4 heteroatoms. The Bertz CT molecular complexity index is 298. The third-order valence-corrected chi connectivity index (χ3v) is 1.79. The maximum absolute atomic E-state index is 5.82. The van der Waals surface area contributed by atoms with Crippen LogP contribution in [0.2, 0.25) is 5.02 Å². The van der Waals surface area contributed by atoms with Crippen LogP contribution in [-0.4, -0.2) is 9.97 Å².